The average Bonchev–Trinajstić information content (AvgIpc) is 3.20. The summed E-state index contributed by atoms with van der Waals surface area (Å²) in [6.07, 6.45) is 2.10. The van der Waals surface area contributed by atoms with Gasteiger partial charge in [0, 0.05) is 13.1 Å². The summed E-state index contributed by atoms with van der Waals surface area (Å²) in [5, 5.41) is 11.6. The maximum Gasteiger partial charge on any atom is 0.329 e. The lowest BCUT2D eigenvalue weighted by Gasteiger charge is -2.31. The van der Waals surface area contributed by atoms with Crippen LogP contribution in [0.15, 0.2) is 0 Å². The minimum Gasteiger partial charge on any atom is -0.480 e. The fourth-order valence-electron chi connectivity index (χ4n) is 2.45. The van der Waals surface area contributed by atoms with E-state index in [1.807, 2.05) is 0 Å². The molecule has 0 aromatic rings. The first-order valence-corrected chi connectivity index (χ1v) is 8.45. The van der Waals surface area contributed by atoms with E-state index in [4.69, 9.17) is 5.11 Å². The molecule has 1 saturated heterocycles. The van der Waals surface area contributed by atoms with Crippen LogP contribution < -0.4 is 5.32 Å². The normalized spacial score (nSPS) is 25.9. The van der Waals surface area contributed by atoms with Gasteiger partial charge in [-0.25, -0.2) is 17.5 Å². The molecule has 8 heteroatoms. The number of nitrogens with zero attached hydrogens (tertiary/aromatic N) is 1. The molecule has 0 radical (unpaired) electrons. The minimum absolute atomic E-state index is 0.0143. The van der Waals surface area contributed by atoms with Gasteiger partial charge in [-0.15, -0.1) is 0 Å². The number of piperidine rings is 1. The number of rotatable bonds is 5. The molecule has 7 nitrogen and oxygen atoms in total. The zero-order chi connectivity index (χ0) is 15.0. The first-order valence-electron chi connectivity index (χ1n) is 6.84. The van der Waals surface area contributed by atoms with E-state index >= 15 is 0 Å². The minimum atomic E-state index is -3.30. The van der Waals surface area contributed by atoms with Crippen LogP contribution in [0, 0.1) is 5.92 Å². The molecule has 1 atom stereocenters. The molecule has 2 aliphatic rings. The molecular weight excluding hydrogens is 284 g/mol. The van der Waals surface area contributed by atoms with E-state index in [2.05, 4.69) is 5.32 Å². The molecule has 0 bridgehead atoms. The maximum absolute atomic E-state index is 12.1. The van der Waals surface area contributed by atoms with Crippen molar-refractivity contribution in [1.29, 1.82) is 0 Å². The largest absolute Gasteiger partial charge is 0.480 e. The quantitative estimate of drug-likeness (QED) is 0.731. The van der Waals surface area contributed by atoms with Gasteiger partial charge < -0.3 is 10.4 Å². The third-order valence-electron chi connectivity index (χ3n) is 4.03. The molecule has 1 aliphatic heterocycles. The van der Waals surface area contributed by atoms with Gasteiger partial charge in [0.1, 0.15) is 5.54 Å². The van der Waals surface area contributed by atoms with Gasteiger partial charge in [-0.05, 0) is 32.6 Å². The van der Waals surface area contributed by atoms with Crippen LogP contribution in [0.3, 0.4) is 0 Å². The van der Waals surface area contributed by atoms with Crippen LogP contribution in [0.2, 0.25) is 0 Å². The highest BCUT2D eigenvalue weighted by atomic mass is 32.2. The second-order valence-electron chi connectivity index (χ2n) is 5.47. The van der Waals surface area contributed by atoms with Crippen molar-refractivity contribution in [1.82, 2.24) is 9.62 Å². The third kappa shape index (κ3) is 2.95. The lowest BCUT2D eigenvalue weighted by atomic mass is 9.98. The van der Waals surface area contributed by atoms with Gasteiger partial charge in [-0.1, -0.05) is 0 Å². The van der Waals surface area contributed by atoms with Gasteiger partial charge in [0.2, 0.25) is 15.9 Å². The predicted molar refractivity (Wildman–Crippen MR) is 71.5 cm³/mol. The number of aliphatic carboxylic acids is 1. The molecule has 2 N–H and O–H groups in total. The molecule has 0 spiro atoms. The average molecular weight is 304 g/mol. The van der Waals surface area contributed by atoms with Crippen molar-refractivity contribution in [2.24, 2.45) is 5.92 Å². The summed E-state index contributed by atoms with van der Waals surface area (Å²) >= 11 is 0. The van der Waals surface area contributed by atoms with E-state index in [9.17, 15) is 18.0 Å². The Balaban J connectivity index is 1.99. The van der Waals surface area contributed by atoms with E-state index in [-0.39, 0.29) is 18.2 Å². The number of sulfonamides is 1. The molecule has 1 saturated carbocycles. The molecule has 20 heavy (non-hydrogen) atoms. The number of carboxylic acids is 1. The van der Waals surface area contributed by atoms with E-state index < -0.39 is 27.4 Å². The van der Waals surface area contributed by atoms with E-state index in [1.165, 1.54) is 4.31 Å². The van der Waals surface area contributed by atoms with Crippen LogP contribution in [0.5, 0.6) is 0 Å². The van der Waals surface area contributed by atoms with E-state index in [0.717, 1.165) is 0 Å². The Morgan fingerprint density at radius 2 is 2.05 bits per heavy atom. The van der Waals surface area contributed by atoms with E-state index in [1.54, 1.807) is 6.92 Å². The van der Waals surface area contributed by atoms with Crippen LogP contribution in [-0.2, 0) is 19.6 Å². The fourth-order valence-corrected chi connectivity index (χ4v) is 3.63. The van der Waals surface area contributed by atoms with Crippen molar-refractivity contribution in [3.63, 3.8) is 0 Å². The molecule has 1 heterocycles. The van der Waals surface area contributed by atoms with Gasteiger partial charge >= 0.3 is 5.97 Å². The Labute approximate surface area is 118 Å². The van der Waals surface area contributed by atoms with Crippen molar-refractivity contribution in [3.05, 3.63) is 0 Å². The lowest BCUT2D eigenvalue weighted by Crippen LogP contribution is -2.50. The van der Waals surface area contributed by atoms with Crippen molar-refractivity contribution in [2.45, 2.75) is 38.1 Å². The van der Waals surface area contributed by atoms with Gasteiger partial charge in [0.25, 0.3) is 0 Å². The SMILES string of the molecule is CCS(=O)(=O)N1CCCC(C(=O)NC2(C(=O)O)CC2)C1. The Morgan fingerprint density at radius 1 is 1.40 bits per heavy atom. The molecule has 114 valence electrons. The Hall–Kier alpha value is -1.15. The number of carbonyl (C=O) groups is 2. The molecule has 0 aromatic heterocycles. The number of carbonyl (C=O) groups excluding carboxylic acids is 1. The van der Waals surface area contributed by atoms with Crippen molar-refractivity contribution in [3.8, 4) is 0 Å². The molecule has 2 fully saturated rings. The first kappa shape index (κ1) is 15.2. The molecular formula is C12H20N2O5S. The zero-order valence-electron chi connectivity index (χ0n) is 11.5. The van der Waals surface area contributed by atoms with Gasteiger partial charge in [-0.3, -0.25) is 4.79 Å². The Morgan fingerprint density at radius 3 is 2.55 bits per heavy atom. The highest BCUT2D eigenvalue weighted by molar-refractivity contribution is 7.89. The maximum atomic E-state index is 12.1. The summed E-state index contributed by atoms with van der Waals surface area (Å²) in [6, 6.07) is 0. The van der Waals surface area contributed by atoms with Crippen molar-refractivity contribution < 1.29 is 23.1 Å². The Kier molecular flexibility index (Phi) is 4.06. The van der Waals surface area contributed by atoms with Crippen LogP contribution in [0.1, 0.15) is 32.6 Å². The molecule has 2 rings (SSSR count). The monoisotopic (exact) mass is 304 g/mol. The summed E-state index contributed by atoms with van der Waals surface area (Å²) < 4.78 is 25.0. The molecule has 0 aromatic carbocycles. The van der Waals surface area contributed by atoms with Crippen LogP contribution in [0.4, 0.5) is 0 Å². The standard InChI is InChI=1S/C12H20N2O5S/c1-2-20(18,19)14-7-3-4-9(8-14)10(15)13-12(5-6-12)11(16)17/h9H,2-8H2,1H3,(H,13,15)(H,16,17). The zero-order valence-corrected chi connectivity index (χ0v) is 12.3. The number of amides is 1. The molecule has 1 amide bonds. The second kappa shape index (κ2) is 5.33. The van der Waals surface area contributed by atoms with Crippen LogP contribution in [-0.4, -0.2) is 54.1 Å². The number of hydrogen-bond acceptors (Lipinski definition) is 4. The molecule has 1 unspecified atom stereocenters. The first-order chi connectivity index (χ1) is 9.31. The number of carboxylic acid groups (broad SMARTS) is 1. The third-order valence-corrected chi connectivity index (χ3v) is 5.88. The van der Waals surface area contributed by atoms with Gasteiger partial charge in [0.15, 0.2) is 0 Å². The lowest BCUT2D eigenvalue weighted by molar-refractivity contribution is -0.144. The van der Waals surface area contributed by atoms with Crippen molar-refractivity contribution in [2.75, 3.05) is 18.8 Å². The summed E-state index contributed by atoms with van der Waals surface area (Å²) in [7, 11) is -3.30. The second-order valence-corrected chi connectivity index (χ2v) is 7.73. The highest BCUT2D eigenvalue weighted by Gasteiger charge is 2.52. The van der Waals surface area contributed by atoms with E-state index in [0.29, 0.717) is 32.2 Å². The number of nitrogens with one attached hydrogen (secondary N) is 1. The van der Waals surface area contributed by atoms with Gasteiger partial charge in [0.05, 0.1) is 11.7 Å². The van der Waals surface area contributed by atoms with Crippen LogP contribution in [0.25, 0.3) is 0 Å². The fraction of sp³-hybridized carbons (Fsp3) is 0.833. The number of hydrogen-bond donors (Lipinski definition) is 2. The Bertz CT molecular complexity index is 512. The highest BCUT2D eigenvalue weighted by Crippen LogP contribution is 2.36. The molecule has 1 aliphatic carbocycles. The summed E-state index contributed by atoms with van der Waals surface area (Å²) in [4.78, 5) is 23.2. The topological polar surface area (TPSA) is 104 Å². The van der Waals surface area contributed by atoms with Crippen LogP contribution >= 0.6 is 0 Å². The smallest absolute Gasteiger partial charge is 0.329 e. The summed E-state index contributed by atoms with van der Waals surface area (Å²) in [6.45, 7) is 2.16. The summed E-state index contributed by atoms with van der Waals surface area (Å²) in [5.41, 5.74) is -1.11. The summed E-state index contributed by atoms with van der Waals surface area (Å²) in [5.74, 6) is -1.80. The van der Waals surface area contributed by atoms with Crippen molar-refractivity contribution >= 4 is 21.9 Å². The van der Waals surface area contributed by atoms with Gasteiger partial charge in [-0.2, -0.15) is 0 Å². The predicted octanol–water partition coefficient (Wildman–Crippen LogP) is -0.218.